The predicted molar refractivity (Wildman–Crippen MR) is 59.9 cm³/mol. The van der Waals surface area contributed by atoms with Crippen molar-refractivity contribution in [3.63, 3.8) is 0 Å². The summed E-state index contributed by atoms with van der Waals surface area (Å²) in [7, 11) is 0. The quantitative estimate of drug-likeness (QED) is 0.832. The lowest BCUT2D eigenvalue weighted by Crippen LogP contribution is -2.12. The van der Waals surface area contributed by atoms with Gasteiger partial charge in [-0.1, -0.05) is 0 Å². The van der Waals surface area contributed by atoms with Crippen LogP contribution in [0.2, 0.25) is 0 Å². The number of rotatable bonds is 2. The second-order valence-electron chi connectivity index (χ2n) is 4.22. The minimum absolute atomic E-state index is 0.185. The maximum atomic E-state index is 11.9. The van der Waals surface area contributed by atoms with E-state index in [1.807, 2.05) is 11.4 Å². The Hall–Kier alpha value is -1.09. The van der Waals surface area contributed by atoms with Crippen molar-refractivity contribution in [1.82, 2.24) is 0 Å². The number of hydrogen-bond acceptors (Lipinski definition) is 3. The van der Waals surface area contributed by atoms with Crippen LogP contribution in [0.15, 0.2) is 17.0 Å². The SMILES string of the molecule is O=C(C1=C(O)c2ccsc2CC1)C1CC1. The van der Waals surface area contributed by atoms with E-state index < -0.39 is 0 Å². The summed E-state index contributed by atoms with van der Waals surface area (Å²) in [4.78, 5) is 13.1. The summed E-state index contributed by atoms with van der Waals surface area (Å²) in [5, 5.41) is 12.0. The van der Waals surface area contributed by atoms with Crippen LogP contribution in [0.3, 0.4) is 0 Å². The van der Waals surface area contributed by atoms with Gasteiger partial charge in [0.25, 0.3) is 0 Å². The van der Waals surface area contributed by atoms with Gasteiger partial charge >= 0.3 is 0 Å². The first kappa shape index (κ1) is 9.16. The summed E-state index contributed by atoms with van der Waals surface area (Å²) in [6.07, 6.45) is 3.64. The molecule has 0 radical (unpaired) electrons. The highest BCUT2D eigenvalue weighted by Gasteiger charge is 2.35. The van der Waals surface area contributed by atoms with Gasteiger partial charge in [0.15, 0.2) is 5.78 Å². The molecular weight excluding hydrogens is 208 g/mol. The molecule has 1 aromatic rings. The van der Waals surface area contributed by atoms with Gasteiger partial charge in [0, 0.05) is 21.9 Å². The zero-order chi connectivity index (χ0) is 10.4. The van der Waals surface area contributed by atoms with Gasteiger partial charge in [0.1, 0.15) is 5.76 Å². The summed E-state index contributed by atoms with van der Waals surface area (Å²) in [5.41, 5.74) is 1.55. The third-order valence-electron chi connectivity index (χ3n) is 3.13. The zero-order valence-corrected chi connectivity index (χ0v) is 9.14. The minimum atomic E-state index is 0.185. The lowest BCUT2D eigenvalue weighted by molar-refractivity contribution is -0.116. The first-order valence-corrected chi connectivity index (χ1v) is 6.18. The fourth-order valence-electron chi connectivity index (χ4n) is 2.10. The van der Waals surface area contributed by atoms with Gasteiger partial charge < -0.3 is 5.11 Å². The van der Waals surface area contributed by atoms with Crippen molar-refractivity contribution in [3.8, 4) is 0 Å². The maximum absolute atomic E-state index is 11.9. The van der Waals surface area contributed by atoms with Crippen molar-refractivity contribution in [2.45, 2.75) is 25.7 Å². The second-order valence-corrected chi connectivity index (χ2v) is 5.22. The molecule has 1 fully saturated rings. The normalized spacial score (nSPS) is 20.3. The molecule has 0 aliphatic heterocycles. The molecule has 3 heteroatoms. The Balaban J connectivity index is 2.02. The van der Waals surface area contributed by atoms with Crippen LogP contribution in [0.25, 0.3) is 5.76 Å². The number of aryl methyl sites for hydroxylation is 1. The molecule has 2 aliphatic rings. The second kappa shape index (κ2) is 3.20. The first-order valence-electron chi connectivity index (χ1n) is 5.30. The molecule has 0 spiro atoms. The molecular formula is C12H12O2S. The highest BCUT2D eigenvalue weighted by atomic mass is 32.1. The Morgan fingerprint density at radius 1 is 1.40 bits per heavy atom. The molecule has 0 atom stereocenters. The minimum Gasteiger partial charge on any atom is -0.507 e. The standard InChI is InChI=1S/C12H12O2S/c13-11(7-1-2-7)9-3-4-10-8(12(9)14)5-6-15-10/h5-7,14H,1-4H2. The van der Waals surface area contributed by atoms with Crippen LogP contribution in [0.1, 0.15) is 29.7 Å². The molecule has 0 unspecified atom stereocenters. The summed E-state index contributed by atoms with van der Waals surface area (Å²) >= 11 is 1.66. The number of hydrogen-bond donors (Lipinski definition) is 1. The number of ketones is 1. The Bertz CT molecular complexity index is 452. The Morgan fingerprint density at radius 3 is 2.93 bits per heavy atom. The first-order chi connectivity index (χ1) is 7.27. The smallest absolute Gasteiger partial charge is 0.165 e. The Labute approximate surface area is 92.2 Å². The summed E-state index contributed by atoms with van der Waals surface area (Å²) in [5.74, 6) is 0.640. The average Bonchev–Trinajstić information content (AvgIpc) is 2.97. The molecule has 0 bridgehead atoms. The molecule has 78 valence electrons. The van der Waals surface area contributed by atoms with Crippen molar-refractivity contribution < 1.29 is 9.90 Å². The van der Waals surface area contributed by atoms with Crippen LogP contribution < -0.4 is 0 Å². The lowest BCUT2D eigenvalue weighted by atomic mass is 9.92. The van der Waals surface area contributed by atoms with E-state index in [-0.39, 0.29) is 17.5 Å². The Morgan fingerprint density at radius 2 is 2.20 bits per heavy atom. The number of carbonyl (C=O) groups excluding carboxylic acids is 1. The van der Waals surface area contributed by atoms with Crippen molar-refractivity contribution in [2.24, 2.45) is 5.92 Å². The van der Waals surface area contributed by atoms with Gasteiger partial charge in [0.2, 0.25) is 0 Å². The monoisotopic (exact) mass is 220 g/mol. The van der Waals surface area contributed by atoms with Crippen molar-refractivity contribution in [3.05, 3.63) is 27.5 Å². The molecule has 0 saturated heterocycles. The summed E-state index contributed by atoms with van der Waals surface area (Å²) in [6.45, 7) is 0. The van der Waals surface area contributed by atoms with E-state index in [2.05, 4.69) is 0 Å². The van der Waals surface area contributed by atoms with Gasteiger partial charge in [-0.25, -0.2) is 0 Å². The number of thiophene rings is 1. The fourth-order valence-corrected chi connectivity index (χ4v) is 2.98. The molecule has 2 aliphatic carbocycles. The number of Topliss-reactive ketones (excluding diaryl/α,β-unsaturated/α-hetero) is 1. The van der Waals surface area contributed by atoms with Crippen LogP contribution in [0.5, 0.6) is 0 Å². The Kier molecular flexibility index (Phi) is 1.96. The third kappa shape index (κ3) is 1.42. The van der Waals surface area contributed by atoms with Crippen molar-refractivity contribution in [1.29, 1.82) is 0 Å². The molecule has 1 saturated carbocycles. The largest absolute Gasteiger partial charge is 0.507 e. The number of allylic oxidation sites excluding steroid dienone is 1. The van der Waals surface area contributed by atoms with Crippen LogP contribution in [0.4, 0.5) is 0 Å². The molecule has 15 heavy (non-hydrogen) atoms. The van der Waals surface area contributed by atoms with E-state index in [9.17, 15) is 9.90 Å². The van der Waals surface area contributed by atoms with Crippen LogP contribution in [0, 0.1) is 5.92 Å². The molecule has 2 nitrogen and oxygen atoms in total. The summed E-state index contributed by atoms with van der Waals surface area (Å²) < 4.78 is 0. The number of fused-ring (bicyclic) bond motifs is 1. The molecule has 3 rings (SSSR count). The van der Waals surface area contributed by atoms with Crippen LogP contribution in [-0.2, 0) is 11.2 Å². The topological polar surface area (TPSA) is 37.3 Å². The molecule has 1 N–H and O–H groups in total. The highest BCUT2D eigenvalue weighted by Crippen LogP contribution is 2.39. The predicted octanol–water partition coefficient (Wildman–Crippen LogP) is 2.94. The average molecular weight is 220 g/mol. The van der Waals surface area contributed by atoms with E-state index in [1.165, 1.54) is 4.88 Å². The van der Waals surface area contributed by atoms with Crippen LogP contribution >= 0.6 is 11.3 Å². The molecule has 0 amide bonds. The molecule has 1 heterocycles. The molecule has 1 aromatic heterocycles. The van der Waals surface area contributed by atoms with Gasteiger partial charge in [-0.2, -0.15) is 0 Å². The fraction of sp³-hybridized carbons (Fsp3) is 0.417. The van der Waals surface area contributed by atoms with Gasteiger partial charge in [0.05, 0.1) is 0 Å². The van der Waals surface area contributed by atoms with E-state index in [1.54, 1.807) is 11.3 Å². The maximum Gasteiger partial charge on any atom is 0.165 e. The van der Waals surface area contributed by atoms with E-state index in [4.69, 9.17) is 0 Å². The number of aliphatic hydroxyl groups is 1. The third-order valence-corrected chi connectivity index (χ3v) is 4.11. The van der Waals surface area contributed by atoms with Gasteiger partial charge in [-0.05, 0) is 37.1 Å². The van der Waals surface area contributed by atoms with Crippen molar-refractivity contribution in [2.75, 3.05) is 0 Å². The van der Waals surface area contributed by atoms with E-state index in [0.29, 0.717) is 12.0 Å². The zero-order valence-electron chi connectivity index (χ0n) is 8.32. The van der Waals surface area contributed by atoms with Crippen molar-refractivity contribution >= 4 is 22.9 Å². The van der Waals surface area contributed by atoms with E-state index in [0.717, 1.165) is 24.8 Å². The molecule has 0 aromatic carbocycles. The summed E-state index contributed by atoms with van der Waals surface area (Å²) in [6, 6.07) is 1.91. The van der Waals surface area contributed by atoms with E-state index >= 15 is 0 Å². The highest BCUT2D eigenvalue weighted by molar-refractivity contribution is 7.10. The van der Waals surface area contributed by atoms with Gasteiger partial charge in [-0.15, -0.1) is 11.3 Å². The van der Waals surface area contributed by atoms with Gasteiger partial charge in [-0.3, -0.25) is 4.79 Å². The number of carbonyl (C=O) groups is 1. The lowest BCUT2D eigenvalue weighted by Gasteiger charge is -2.15. The number of aliphatic hydroxyl groups excluding tert-OH is 1. The van der Waals surface area contributed by atoms with Crippen LogP contribution in [-0.4, -0.2) is 10.9 Å².